The van der Waals surface area contributed by atoms with Crippen LogP contribution in [0.5, 0.6) is 0 Å². The van der Waals surface area contributed by atoms with Gasteiger partial charge in [0.05, 0.1) is 11.4 Å². The van der Waals surface area contributed by atoms with E-state index >= 15 is 0 Å². The van der Waals surface area contributed by atoms with Crippen LogP contribution in [0.4, 0.5) is 0 Å². The molecule has 0 aliphatic carbocycles. The fourth-order valence-corrected chi connectivity index (χ4v) is 10.5. The lowest BCUT2D eigenvalue weighted by atomic mass is 9.75. The van der Waals surface area contributed by atoms with E-state index in [1.807, 2.05) is 0 Å². The van der Waals surface area contributed by atoms with Crippen molar-refractivity contribution in [3.63, 3.8) is 0 Å². The van der Waals surface area contributed by atoms with Gasteiger partial charge in [-0.3, -0.25) is 9.97 Å². The largest absolute Gasteiger partial charge is 0.256 e. The molecule has 0 saturated heterocycles. The molecule has 2 nitrogen and oxygen atoms in total. The summed E-state index contributed by atoms with van der Waals surface area (Å²) in [5.41, 5.74) is 6.69. The molecule has 220 valence electrons. The number of pyridine rings is 2. The highest BCUT2D eigenvalue weighted by atomic mass is 28.3. The van der Waals surface area contributed by atoms with Gasteiger partial charge in [-0.05, 0) is 78.5 Å². The average molecular weight is 607 g/mol. The van der Waals surface area contributed by atoms with E-state index in [2.05, 4.69) is 160 Å². The zero-order valence-electron chi connectivity index (χ0n) is 26.6. The highest BCUT2D eigenvalue weighted by Crippen LogP contribution is 2.41. The Morgan fingerprint density at radius 1 is 0.435 bits per heavy atom. The van der Waals surface area contributed by atoms with Gasteiger partial charge in [0, 0.05) is 27.2 Å². The molecule has 1 aliphatic rings. The molecule has 0 N–H and O–H groups in total. The molecule has 9 rings (SSSR count). The van der Waals surface area contributed by atoms with Crippen LogP contribution in [0.1, 0.15) is 25.0 Å². The monoisotopic (exact) mass is 606 g/mol. The Kier molecular flexibility index (Phi) is 5.73. The van der Waals surface area contributed by atoms with Crippen LogP contribution in [0.3, 0.4) is 0 Å². The number of rotatable bonds is 0. The summed E-state index contributed by atoms with van der Waals surface area (Å²) in [5, 5.41) is 12.2. The lowest BCUT2D eigenvalue weighted by molar-refractivity contribution is 0.643. The Bertz CT molecular complexity index is 2370. The van der Waals surface area contributed by atoms with Gasteiger partial charge in [-0.25, -0.2) is 0 Å². The molecule has 46 heavy (non-hydrogen) atoms. The summed E-state index contributed by atoms with van der Waals surface area (Å²) < 4.78 is 0. The van der Waals surface area contributed by atoms with E-state index in [9.17, 15) is 0 Å². The van der Waals surface area contributed by atoms with Crippen molar-refractivity contribution in [1.82, 2.24) is 9.97 Å². The summed E-state index contributed by atoms with van der Waals surface area (Å²) in [4.78, 5) is 11.3. The maximum atomic E-state index is 5.67. The zero-order valence-corrected chi connectivity index (χ0v) is 27.6. The minimum absolute atomic E-state index is 0.283. The third-order valence-corrected chi connectivity index (χ3v) is 13.5. The van der Waals surface area contributed by atoms with Crippen LogP contribution in [0, 0.1) is 0 Å². The van der Waals surface area contributed by atoms with Gasteiger partial charge in [0.15, 0.2) is 8.07 Å². The first kappa shape index (κ1) is 27.2. The molecule has 3 heterocycles. The van der Waals surface area contributed by atoms with Crippen molar-refractivity contribution in [3.8, 4) is 22.5 Å². The molecule has 3 heteroatoms. The van der Waals surface area contributed by atoms with Gasteiger partial charge < -0.3 is 0 Å². The van der Waals surface area contributed by atoms with Crippen LogP contribution >= 0.6 is 0 Å². The second-order valence-corrected chi connectivity index (χ2v) is 18.1. The van der Waals surface area contributed by atoms with Gasteiger partial charge in [-0.1, -0.05) is 136 Å². The quantitative estimate of drug-likeness (QED) is 0.161. The lowest BCUT2D eigenvalue weighted by Crippen LogP contribution is -2.56. The van der Waals surface area contributed by atoms with E-state index in [4.69, 9.17) is 9.97 Å². The molecule has 0 spiro atoms. The van der Waals surface area contributed by atoms with Crippen LogP contribution in [0.25, 0.3) is 65.6 Å². The maximum absolute atomic E-state index is 5.67. The van der Waals surface area contributed by atoms with Gasteiger partial charge in [0.1, 0.15) is 0 Å². The maximum Gasteiger partial charge on any atom is 0.160 e. The molecule has 2 aromatic heterocycles. The third-order valence-electron chi connectivity index (χ3n) is 10.4. The van der Waals surface area contributed by atoms with E-state index in [0.717, 1.165) is 11.4 Å². The molecule has 0 atom stereocenters. The van der Waals surface area contributed by atoms with Gasteiger partial charge in [-0.15, -0.1) is 0 Å². The predicted molar refractivity (Wildman–Crippen MR) is 198 cm³/mol. The minimum Gasteiger partial charge on any atom is -0.256 e. The van der Waals surface area contributed by atoms with Gasteiger partial charge in [0.2, 0.25) is 0 Å². The van der Waals surface area contributed by atoms with E-state index in [1.54, 1.807) is 0 Å². The number of fused-ring (bicyclic) bond motifs is 18. The van der Waals surface area contributed by atoms with Crippen molar-refractivity contribution >= 4 is 61.8 Å². The summed E-state index contributed by atoms with van der Waals surface area (Å²) in [6.07, 6.45) is 0. The molecule has 1 aliphatic heterocycles. The van der Waals surface area contributed by atoms with Gasteiger partial charge in [0.25, 0.3) is 0 Å². The summed E-state index contributed by atoms with van der Waals surface area (Å²) >= 11 is 0. The Labute approximate surface area is 270 Å². The number of nitrogens with zero attached hydrogens (tertiary/aromatic N) is 2. The van der Waals surface area contributed by atoms with Crippen molar-refractivity contribution in [2.45, 2.75) is 32.4 Å². The lowest BCUT2D eigenvalue weighted by Gasteiger charge is -2.30. The van der Waals surface area contributed by atoms with Crippen molar-refractivity contribution in [2.75, 3.05) is 0 Å². The van der Waals surface area contributed by atoms with Crippen LogP contribution in [-0.4, -0.2) is 18.0 Å². The smallest absolute Gasteiger partial charge is 0.160 e. The van der Waals surface area contributed by atoms with E-state index < -0.39 is 8.07 Å². The van der Waals surface area contributed by atoms with Crippen LogP contribution < -0.4 is 10.6 Å². The molecular weight excluding hydrogens is 573 g/mol. The predicted octanol–water partition coefficient (Wildman–Crippen LogP) is 9.89. The van der Waals surface area contributed by atoms with Crippen molar-refractivity contribution in [1.29, 1.82) is 0 Å². The second-order valence-electron chi connectivity index (χ2n) is 13.9. The molecule has 6 aromatic carbocycles. The molecule has 0 amide bonds. The minimum atomic E-state index is -2.50. The van der Waals surface area contributed by atoms with Gasteiger partial charge >= 0.3 is 0 Å². The third kappa shape index (κ3) is 3.95. The molecule has 0 fully saturated rings. The molecule has 0 saturated carbocycles. The first-order valence-corrected chi connectivity index (χ1v) is 19.2. The molecular formula is C43H34N2Si. The van der Waals surface area contributed by atoms with Crippen LogP contribution in [0.2, 0.25) is 13.1 Å². The molecule has 0 unspecified atom stereocenters. The topological polar surface area (TPSA) is 25.8 Å². The van der Waals surface area contributed by atoms with Crippen molar-refractivity contribution < 1.29 is 0 Å². The van der Waals surface area contributed by atoms with E-state index in [-0.39, 0.29) is 5.41 Å². The normalized spacial score (nSPS) is 14.9. The average Bonchev–Trinajstić information content (AvgIpc) is 3.09. The standard InChI is InChI=1S/C43H34N2Si/c1-43(2)31-21-27-13-5-9-17-33(27)37(25-31)39-23-29-15-7-11-19-35(29)41(44-39)46(3,4)42-36-20-12-8-16-30(36)24-40(45-42)38-26-32(43)22-28-14-6-10-18-34(28)38/h5-26H,1-4H3. The first-order chi connectivity index (χ1) is 22.3. The molecule has 8 bridgehead atoms. The summed E-state index contributed by atoms with van der Waals surface area (Å²) in [6, 6.07) is 49.3. The number of hydrogen-bond donors (Lipinski definition) is 0. The van der Waals surface area contributed by atoms with Crippen molar-refractivity contribution in [2.24, 2.45) is 0 Å². The number of benzene rings is 6. The van der Waals surface area contributed by atoms with E-state index in [1.165, 1.54) is 76.0 Å². The first-order valence-electron chi connectivity index (χ1n) is 16.2. The highest BCUT2D eigenvalue weighted by Gasteiger charge is 2.35. The Balaban J connectivity index is 1.52. The van der Waals surface area contributed by atoms with Crippen LogP contribution in [0.15, 0.2) is 133 Å². The zero-order chi connectivity index (χ0) is 31.2. The highest BCUT2D eigenvalue weighted by molar-refractivity contribution is 7.02. The fraction of sp³-hybridized carbons (Fsp3) is 0.116. The SMILES string of the molecule is CC1(C)c2cc(c3ccccc3c2)-c2cc3ccccc3c(n2)[Si](C)(C)c2nc(cc3ccccc23)-c2cc1cc1ccccc21. The Morgan fingerprint density at radius 3 is 1.20 bits per heavy atom. The Morgan fingerprint density at radius 2 is 0.783 bits per heavy atom. The summed E-state index contributed by atoms with van der Waals surface area (Å²) in [7, 11) is -2.50. The summed E-state index contributed by atoms with van der Waals surface area (Å²) in [5.74, 6) is 0. The molecule has 0 radical (unpaired) electrons. The Hall–Kier alpha value is -5.12. The van der Waals surface area contributed by atoms with E-state index in [0.29, 0.717) is 0 Å². The van der Waals surface area contributed by atoms with Gasteiger partial charge in [-0.2, -0.15) is 0 Å². The number of hydrogen-bond acceptors (Lipinski definition) is 2. The molecule has 8 aromatic rings. The second kappa shape index (κ2) is 9.69. The fourth-order valence-electron chi connectivity index (χ4n) is 7.67. The van der Waals surface area contributed by atoms with Crippen LogP contribution in [-0.2, 0) is 5.41 Å². The van der Waals surface area contributed by atoms with Crippen molar-refractivity contribution in [3.05, 3.63) is 145 Å². The summed E-state index contributed by atoms with van der Waals surface area (Å²) in [6.45, 7) is 9.58. The number of aromatic nitrogens is 2.